The van der Waals surface area contributed by atoms with Crippen LogP contribution in [0, 0.1) is 0 Å². The highest BCUT2D eigenvalue weighted by molar-refractivity contribution is 9.10. The number of hydrogen-bond donors (Lipinski definition) is 2. The van der Waals surface area contributed by atoms with Crippen molar-refractivity contribution in [1.82, 2.24) is 20.2 Å². The van der Waals surface area contributed by atoms with Gasteiger partial charge in [-0.1, -0.05) is 11.6 Å². The van der Waals surface area contributed by atoms with E-state index in [0.29, 0.717) is 16.5 Å². The number of aromatic nitrogens is 4. The van der Waals surface area contributed by atoms with Gasteiger partial charge in [0.05, 0.1) is 16.6 Å². The van der Waals surface area contributed by atoms with Gasteiger partial charge in [-0.2, -0.15) is 15.1 Å². The summed E-state index contributed by atoms with van der Waals surface area (Å²) in [5, 5.41) is 11.4. The fourth-order valence-corrected chi connectivity index (χ4v) is 2.28. The standard InChI is InChI=1S/C11H6BrCl2N5/c12-7-3-5(1-2-8(7)13)16-9-6-4-15-19-10(6)18-11(14)17-9/h1-4H,(H2,15,16,17,18,19). The third kappa shape index (κ3) is 2.51. The number of aromatic amines is 1. The molecule has 0 fully saturated rings. The smallest absolute Gasteiger partial charge is 0.226 e. The van der Waals surface area contributed by atoms with E-state index in [-0.39, 0.29) is 5.28 Å². The number of rotatable bonds is 2. The summed E-state index contributed by atoms with van der Waals surface area (Å²) in [6, 6.07) is 5.47. The monoisotopic (exact) mass is 357 g/mol. The molecule has 3 rings (SSSR count). The first-order valence-corrected chi connectivity index (χ1v) is 6.77. The number of anilines is 2. The first-order valence-electron chi connectivity index (χ1n) is 5.22. The third-order valence-corrected chi connectivity index (χ3v) is 3.85. The van der Waals surface area contributed by atoms with Gasteiger partial charge in [0.25, 0.3) is 0 Å². The van der Waals surface area contributed by atoms with Gasteiger partial charge >= 0.3 is 0 Å². The van der Waals surface area contributed by atoms with Crippen LogP contribution in [0.15, 0.2) is 28.9 Å². The molecule has 8 heteroatoms. The Morgan fingerprint density at radius 1 is 1.21 bits per heavy atom. The summed E-state index contributed by atoms with van der Waals surface area (Å²) in [4.78, 5) is 8.19. The molecule has 1 aromatic carbocycles. The van der Waals surface area contributed by atoms with Gasteiger partial charge in [-0.15, -0.1) is 0 Å². The number of nitrogens with zero attached hydrogens (tertiary/aromatic N) is 3. The molecule has 3 aromatic rings. The average Bonchev–Trinajstić information content (AvgIpc) is 2.82. The lowest BCUT2D eigenvalue weighted by molar-refractivity contribution is 1.09. The number of nitrogens with one attached hydrogen (secondary N) is 2. The molecule has 0 amide bonds. The van der Waals surface area contributed by atoms with E-state index >= 15 is 0 Å². The van der Waals surface area contributed by atoms with Crippen LogP contribution in [0.1, 0.15) is 0 Å². The lowest BCUT2D eigenvalue weighted by Gasteiger charge is -2.07. The van der Waals surface area contributed by atoms with E-state index in [1.807, 2.05) is 12.1 Å². The van der Waals surface area contributed by atoms with Crippen molar-refractivity contribution in [3.63, 3.8) is 0 Å². The molecular formula is C11H6BrCl2N5. The van der Waals surface area contributed by atoms with Crippen molar-refractivity contribution in [3.8, 4) is 0 Å². The van der Waals surface area contributed by atoms with E-state index in [0.717, 1.165) is 15.5 Å². The molecule has 2 heterocycles. The summed E-state index contributed by atoms with van der Waals surface area (Å²) in [6.07, 6.45) is 1.64. The number of hydrogen-bond acceptors (Lipinski definition) is 4. The zero-order valence-corrected chi connectivity index (χ0v) is 12.4. The molecule has 0 saturated carbocycles. The second kappa shape index (κ2) is 4.96. The summed E-state index contributed by atoms with van der Waals surface area (Å²) in [7, 11) is 0. The van der Waals surface area contributed by atoms with Crippen LogP contribution in [0.4, 0.5) is 11.5 Å². The minimum atomic E-state index is 0.146. The summed E-state index contributed by atoms with van der Waals surface area (Å²) >= 11 is 15.2. The summed E-state index contributed by atoms with van der Waals surface area (Å²) < 4.78 is 0.794. The maximum atomic E-state index is 5.95. The highest BCUT2D eigenvalue weighted by Gasteiger charge is 2.09. The van der Waals surface area contributed by atoms with Crippen molar-refractivity contribution in [2.24, 2.45) is 0 Å². The van der Waals surface area contributed by atoms with Gasteiger partial charge in [0.2, 0.25) is 5.28 Å². The predicted molar refractivity (Wildman–Crippen MR) is 79.1 cm³/mol. The van der Waals surface area contributed by atoms with Crippen LogP contribution in [0.2, 0.25) is 10.3 Å². The Bertz CT molecular complexity index is 758. The van der Waals surface area contributed by atoms with E-state index in [1.165, 1.54) is 0 Å². The van der Waals surface area contributed by atoms with Crippen LogP contribution in [0.5, 0.6) is 0 Å². The van der Waals surface area contributed by atoms with Gasteiger partial charge in [0.1, 0.15) is 5.82 Å². The summed E-state index contributed by atoms with van der Waals surface area (Å²) in [6.45, 7) is 0. The summed E-state index contributed by atoms with van der Waals surface area (Å²) in [5.74, 6) is 0.581. The van der Waals surface area contributed by atoms with Crippen LogP contribution < -0.4 is 5.32 Å². The molecule has 0 spiro atoms. The molecule has 5 nitrogen and oxygen atoms in total. The van der Waals surface area contributed by atoms with Gasteiger partial charge in [0, 0.05) is 10.2 Å². The van der Waals surface area contributed by atoms with Gasteiger partial charge in [-0.05, 0) is 45.7 Å². The SMILES string of the molecule is Clc1nc(Nc2ccc(Cl)c(Br)c2)c2cn[nH]c2n1. The highest BCUT2D eigenvalue weighted by atomic mass is 79.9. The molecule has 0 aliphatic rings. The summed E-state index contributed by atoms with van der Waals surface area (Å²) in [5.41, 5.74) is 1.41. The number of halogens is 3. The third-order valence-electron chi connectivity index (χ3n) is 2.46. The zero-order chi connectivity index (χ0) is 13.4. The van der Waals surface area contributed by atoms with Crippen LogP contribution in [-0.2, 0) is 0 Å². The zero-order valence-electron chi connectivity index (χ0n) is 9.28. The van der Waals surface area contributed by atoms with Crippen LogP contribution >= 0.6 is 39.1 Å². The second-order valence-corrected chi connectivity index (χ2v) is 5.33. The Balaban J connectivity index is 2.04. The molecule has 0 atom stereocenters. The first kappa shape index (κ1) is 12.7. The van der Waals surface area contributed by atoms with Crippen LogP contribution in [0.3, 0.4) is 0 Å². The van der Waals surface area contributed by atoms with Crippen molar-refractivity contribution in [2.45, 2.75) is 0 Å². The Kier molecular flexibility index (Phi) is 3.30. The minimum absolute atomic E-state index is 0.146. The largest absolute Gasteiger partial charge is 0.339 e. The van der Waals surface area contributed by atoms with E-state index in [9.17, 15) is 0 Å². The molecular weight excluding hydrogens is 353 g/mol. The molecule has 0 radical (unpaired) electrons. The normalized spacial score (nSPS) is 10.9. The molecule has 0 unspecified atom stereocenters. The lowest BCUT2D eigenvalue weighted by atomic mass is 10.3. The Morgan fingerprint density at radius 3 is 2.84 bits per heavy atom. The Labute approximate surface area is 126 Å². The molecule has 2 N–H and O–H groups in total. The van der Waals surface area contributed by atoms with Crippen molar-refractivity contribution >= 4 is 61.7 Å². The van der Waals surface area contributed by atoms with Crippen LogP contribution in [-0.4, -0.2) is 20.2 Å². The predicted octanol–water partition coefficient (Wildman–Crippen LogP) is 4.17. The van der Waals surface area contributed by atoms with Crippen molar-refractivity contribution < 1.29 is 0 Å². The quantitative estimate of drug-likeness (QED) is 0.675. The molecule has 96 valence electrons. The van der Waals surface area contributed by atoms with E-state index in [2.05, 4.69) is 41.4 Å². The lowest BCUT2D eigenvalue weighted by Crippen LogP contribution is -1.96. The van der Waals surface area contributed by atoms with Gasteiger partial charge in [-0.3, -0.25) is 5.10 Å². The average molecular weight is 359 g/mol. The fraction of sp³-hybridized carbons (Fsp3) is 0. The molecule has 0 aliphatic heterocycles. The van der Waals surface area contributed by atoms with E-state index < -0.39 is 0 Å². The molecule has 2 aromatic heterocycles. The maximum Gasteiger partial charge on any atom is 0.226 e. The first-order chi connectivity index (χ1) is 9.13. The molecule has 0 aliphatic carbocycles. The van der Waals surface area contributed by atoms with Crippen molar-refractivity contribution in [1.29, 1.82) is 0 Å². The Morgan fingerprint density at radius 2 is 2.05 bits per heavy atom. The maximum absolute atomic E-state index is 5.95. The van der Waals surface area contributed by atoms with Crippen LogP contribution in [0.25, 0.3) is 11.0 Å². The van der Waals surface area contributed by atoms with Crippen molar-refractivity contribution in [2.75, 3.05) is 5.32 Å². The highest BCUT2D eigenvalue weighted by Crippen LogP contribution is 2.29. The topological polar surface area (TPSA) is 66.5 Å². The number of H-pyrrole nitrogens is 1. The molecule has 19 heavy (non-hydrogen) atoms. The number of fused-ring (bicyclic) bond motifs is 1. The van der Waals surface area contributed by atoms with Crippen molar-refractivity contribution in [3.05, 3.63) is 39.2 Å². The second-order valence-electron chi connectivity index (χ2n) is 3.73. The molecule has 0 saturated heterocycles. The van der Waals surface area contributed by atoms with Gasteiger partial charge in [0.15, 0.2) is 5.65 Å². The van der Waals surface area contributed by atoms with E-state index in [1.54, 1.807) is 12.3 Å². The van der Waals surface area contributed by atoms with Gasteiger partial charge < -0.3 is 5.32 Å². The van der Waals surface area contributed by atoms with Gasteiger partial charge in [-0.25, -0.2) is 0 Å². The fourth-order valence-electron chi connectivity index (χ4n) is 1.61. The van der Waals surface area contributed by atoms with E-state index in [4.69, 9.17) is 23.2 Å². The number of benzene rings is 1. The Hall–Kier alpha value is -1.37. The minimum Gasteiger partial charge on any atom is -0.339 e. The molecule has 0 bridgehead atoms.